The molecule has 0 aliphatic rings. The molecule has 0 aromatic heterocycles. The molecule has 0 aliphatic heterocycles. The molecule has 0 amide bonds. The maximum Gasteiger partial charge on any atom is 0.169 e. The summed E-state index contributed by atoms with van der Waals surface area (Å²) in [5.74, 6) is -1.47. The lowest BCUT2D eigenvalue weighted by Gasteiger charge is -2.06. The number of halogens is 1. The number of phenols is 1. The second kappa shape index (κ2) is 4.07. The summed E-state index contributed by atoms with van der Waals surface area (Å²) >= 11 is 0. The summed E-state index contributed by atoms with van der Waals surface area (Å²) in [5.41, 5.74) is 0.382. The van der Waals surface area contributed by atoms with Gasteiger partial charge in [0.15, 0.2) is 11.6 Å². The molecule has 0 saturated carbocycles. The number of nitriles is 1. The first-order valence-electron chi connectivity index (χ1n) is 4.14. The van der Waals surface area contributed by atoms with E-state index in [4.69, 9.17) is 15.5 Å². The van der Waals surface area contributed by atoms with E-state index >= 15 is 0 Å². The molecule has 2 N–H and O–H groups in total. The Morgan fingerprint density at radius 2 is 2.21 bits per heavy atom. The van der Waals surface area contributed by atoms with Crippen molar-refractivity contribution in [1.29, 1.82) is 5.26 Å². The first kappa shape index (κ1) is 10.5. The Labute approximate surface area is 81.0 Å². The predicted molar refractivity (Wildman–Crippen MR) is 48.2 cm³/mol. The molecule has 3 nitrogen and oxygen atoms in total. The van der Waals surface area contributed by atoms with Crippen LogP contribution < -0.4 is 0 Å². The summed E-state index contributed by atoms with van der Waals surface area (Å²) in [4.78, 5) is 0. The van der Waals surface area contributed by atoms with E-state index in [1.54, 1.807) is 13.0 Å². The lowest BCUT2D eigenvalue weighted by molar-refractivity contribution is 0.195. The van der Waals surface area contributed by atoms with Crippen LogP contribution in [0.25, 0.3) is 0 Å². The van der Waals surface area contributed by atoms with Crippen molar-refractivity contribution in [2.24, 2.45) is 0 Å². The zero-order valence-electron chi connectivity index (χ0n) is 7.66. The molecule has 1 aromatic carbocycles. The van der Waals surface area contributed by atoms with Gasteiger partial charge in [0.1, 0.15) is 6.07 Å². The largest absolute Gasteiger partial charge is 0.504 e. The molecular weight excluding hydrogens is 185 g/mol. The van der Waals surface area contributed by atoms with Crippen LogP contribution in [0.2, 0.25) is 0 Å². The maximum absolute atomic E-state index is 13.0. The molecule has 0 spiro atoms. The summed E-state index contributed by atoms with van der Waals surface area (Å²) in [5, 5.41) is 26.7. The highest BCUT2D eigenvalue weighted by atomic mass is 19.1. The van der Waals surface area contributed by atoms with E-state index in [-0.39, 0.29) is 12.0 Å². The van der Waals surface area contributed by atoms with Crippen molar-refractivity contribution in [2.75, 3.05) is 0 Å². The van der Waals surface area contributed by atoms with E-state index in [2.05, 4.69) is 0 Å². The monoisotopic (exact) mass is 195 g/mol. The third kappa shape index (κ3) is 2.21. The molecule has 14 heavy (non-hydrogen) atoms. The van der Waals surface area contributed by atoms with Gasteiger partial charge in [-0.05, 0) is 31.0 Å². The van der Waals surface area contributed by atoms with Gasteiger partial charge in [-0.2, -0.15) is 5.26 Å². The van der Waals surface area contributed by atoms with Gasteiger partial charge in [-0.1, -0.05) is 0 Å². The van der Waals surface area contributed by atoms with Crippen molar-refractivity contribution >= 4 is 0 Å². The van der Waals surface area contributed by atoms with Crippen LogP contribution in [0.3, 0.4) is 0 Å². The zero-order chi connectivity index (χ0) is 10.7. The Bertz CT molecular complexity index is 382. The van der Waals surface area contributed by atoms with E-state index in [1.165, 1.54) is 6.07 Å². The van der Waals surface area contributed by atoms with E-state index in [1.807, 2.05) is 0 Å². The normalized spacial score (nSPS) is 12.1. The van der Waals surface area contributed by atoms with Crippen LogP contribution in [0, 0.1) is 17.1 Å². The smallest absolute Gasteiger partial charge is 0.169 e. The SMILES string of the molecule is CC(O)Cc1cc(F)c(O)c(C#N)c1. The van der Waals surface area contributed by atoms with Crippen LogP contribution in [-0.4, -0.2) is 16.3 Å². The van der Waals surface area contributed by atoms with Crippen molar-refractivity contribution in [1.82, 2.24) is 0 Å². The molecule has 1 aromatic rings. The Morgan fingerprint density at radius 3 is 2.71 bits per heavy atom. The Kier molecular flexibility index (Phi) is 3.05. The summed E-state index contributed by atoms with van der Waals surface area (Å²) in [7, 11) is 0. The number of benzene rings is 1. The Hall–Kier alpha value is -1.60. The molecule has 4 heteroatoms. The quantitative estimate of drug-likeness (QED) is 0.748. The van der Waals surface area contributed by atoms with Crippen LogP contribution in [0.4, 0.5) is 4.39 Å². The van der Waals surface area contributed by atoms with Crippen molar-refractivity contribution in [3.63, 3.8) is 0 Å². The number of rotatable bonds is 2. The van der Waals surface area contributed by atoms with Gasteiger partial charge in [0.25, 0.3) is 0 Å². The van der Waals surface area contributed by atoms with Crippen LogP contribution in [-0.2, 0) is 6.42 Å². The molecule has 0 saturated heterocycles. The second-order valence-electron chi connectivity index (χ2n) is 3.14. The summed E-state index contributed by atoms with van der Waals surface area (Å²) in [6, 6.07) is 4.16. The fourth-order valence-corrected chi connectivity index (χ4v) is 1.20. The van der Waals surface area contributed by atoms with Crippen LogP contribution in [0.1, 0.15) is 18.1 Å². The zero-order valence-corrected chi connectivity index (χ0v) is 7.66. The molecule has 1 unspecified atom stereocenters. The molecular formula is C10H10FNO2. The van der Waals surface area contributed by atoms with Gasteiger partial charge in [-0.3, -0.25) is 0 Å². The fraction of sp³-hybridized carbons (Fsp3) is 0.300. The third-order valence-corrected chi connectivity index (χ3v) is 1.77. The molecule has 74 valence electrons. The maximum atomic E-state index is 13.0. The third-order valence-electron chi connectivity index (χ3n) is 1.77. The number of aliphatic hydroxyl groups is 1. The van der Waals surface area contributed by atoms with Gasteiger partial charge < -0.3 is 10.2 Å². The van der Waals surface area contributed by atoms with Crippen molar-refractivity contribution < 1.29 is 14.6 Å². The van der Waals surface area contributed by atoms with Gasteiger partial charge in [-0.15, -0.1) is 0 Å². The van der Waals surface area contributed by atoms with Gasteiger partial charge >= 0.3 is 0 Å². The van der Waals surface area contributed by atoms with Gasteiger partial charge in [0.05, 0.1) is 11.7 Å². The fourth-order valence-electron chi connectivity index (χ4n) is 1.20. The molecule has 0 bridgehead atoms. The van der Waals surface area contributed by atoms with Crippen molar-refractivity contribution in [3.05, 3.63) is 29.1 Å². The average Bonchev–Trinajstić information content (AvgIpc) is 2.10. The van der Waals surface area contributed by atoms with Crippen LogP contribution >= 0.6 is 0 Å². The molecule has 0 radical (unpaired) electrons. The number of nitrogens with zero attached hydrogens (tertiary/aromatic N) is 1. The van der Waals surface area contributed by atoms with Gasteiger partial charge in [-0.25, -0.2) is 4.39 Å². The first-order chi connectivity index (χ1) is 6.54. The highest BCUT2D eigenvalue weighted by molar-refractivity contribution is 5.45. The molecule has 0 heterocycles. The number of phenolic OH excluding ortho intramolecular Hbond substituents is 1. The summed E-state index contributed by atoms with van der Waals surface area (Å²) < 4.78 is 13.0. The van der Waals surface area contributed by atoms with Crippen LogP contribution in [0.5, 0.6) is 5.75 Å². The second-order valence-corrected chi connectivity index (χ2v) is 3.14. The Morgan fingerprint density at radius 1 is 1.57 bits per heavy atom. The highest BCUT2D eigenvalue weighted by Crippen LogP contribution is 2.22. The number of aliphatic hydroxyl groups excluding tert-OH is 1. The predicted octanol–water partition coefficient (Wildman–Crippen LogP) is 1.33. The lowest BCUT2D eigenvalue weighted by Crippen LogP contribution is -2.04. The highest BCUT2D eigenvalue weighted by Gasteiger charge is 2.10. The van der Waals surface area contributed by atoms with E-state index in [0.717, 1.165) is 6.07 Å². The summed E-state index contributed by atoms with van der Waals surface area (Å²) in [6.07, 6.45) is -0.350. The van der Waals surface area contributed by atoms with Crippen LogP contribution in [0.15, 0.2) is 12.1 Å². The minimum atomic E-state index is -0.834. The minimum Gasteiger partial charge on any atom is -0.504 e. The number of aromatic hydroxyl groups is 1. The molecule has 0 aliphatic carbocycles. The van der Waals surface area contributed by atoms with Gasteiger partial charge in [0, 0.05) is 0 Å². The first-order valence-corrected chi connectivity index (χ1v) is 4.14. The average molecular weight is 195 g/mol. The summed E-state index contributed by atoms with van der Waals surface area (Å²) in [6.45, 7) is 1.57. The van der Waals surface area contributed by atoms with E-state index in [0.29, 0.717) is 5.56 Å². The number of hydrogen-bond acceptors (Lipinski definition) is 3. The van der Waals surface area contributed by atoms with E-state index < -0.39 is 17.7 Å². The molecule has 0 fully saturated rings. The standard InChI is InChI=1S/C10H10FNO2/c1-6(13)2-7-3-8(5-12)10(14)9(11)4-7/h3-4,6,13-14H,2H2,1H3. The number of hydrogen-bond donors (Lipinski definition) is 2. The van der Waals surface area contributed by atoms with E-state index in [9.17, 15) is 4.39 Å². The van der Waals surface area contributed by atoms with Crippen molar-refractivity contribution in [3.8, 4) is 11.8 Å². The Balaban J connectivity index is 3.11. The molecule has 1 atom stereocenters. The topological polar surface area (TPSA) is 64.2 Å². The van der Waals surface area contributed by atoms with Gasteiger partial charge in [0.2, 0.25) is 0 Å². The minimum absolute atomic E-state index is 0.111. The lowest BCUT2D eigenvalue weighted by atomic mass is 10.0. The van der Waals surface area contributed by atoms with Crippen molar-refractivity contribution in [2.45, 2.75) is 19.4 Å². The molecule has 1 rings (SSSR count).